The fraction of sp³-hybridized carbons (Fsp3) is 0.538. The van der Waals surface area contributed by atoms with Crippen LogP contribution in [0.1, 0.15) is 23.0 Å². The number of pyridine rings is 1. The highest BCUT2D eigenvalue weighted by atomic mass is 32.2. The Labute approximate surface area is 112 Å². The number of hydrogen-bond donors (Lipinski definition) is 1. The minimum absolute atomic E-state index is 0.125. The van der Waals surface area contributed by atoms with Gasteiger partial charge in [-0.1, -0.05) is 0 Å². The van der Waals surface area contributed by atoms with Gasteiger partial charge < -0.3 is 10.2 Å². The zero-order valence-electron chi connectivity index (χ0n) is 10.9. The summed E-state index contributed by atoms with van der Waals surface area (Å²) in [4.78, 5) is 18.7. The van der Waals surface area contributed by atoms with Crippen molar-refractivity contribution in [3.05, 3.63) is 23.4 Å². The Morgan fingerprint density at radius 3 is 2.83 bits per heavy atom. The first-order chi connectivity index (χ1) is 8.70. The molecule has 0 spiro atoms. The molecule has 2 heterocycles. The highest BCUT2D eigenvalue weighted by Crippen LogP contribution is 2.16. The van der Waals surface area contributed by atoms with Crippen molar-refractivity contribution >= 4 is 23.5 Å². The Hall–Kier alpha value is -1.23. The first kappa shape index (κ1) is 13.2. The Kier molecular flexibility index (Phi) is 4.47. The summed E-state index contributed by atoms with van der Waals surface area (Å²) in [5.74, 6) is 2.98. The zero-order valence-corrected chi connectivity index (χ0v) is 11.7. The smallest absolute Gasteiger partial charge is 0.254 e. The van der Waals surface area contributed by atoms with Crippen LogP contribution in [-0.2, 0) is 0 Å². The molecule has 0 unspecified atom stereocenters. The molecule has 0 aliphatic carbocycles. The molecule has 1 aliphatic rings. The molecule has 98 valence electrons. The van der Waals surface area contributed by atoms with Crippen LogP contribution in [-0.4, -0.2) is 46.9 Å². The van der Waals surface area contributed by atoms with Crippen LogP contribution in [0.25, 0.3) is 0 Å². The number of hydrogen-bond acceptors (Lipinski definition) is 4. The number of nitrogens with one attached hydrogen (secondary N) is 1. The summed E-state index contributed by atoms with van der Waals surface area (Å²) in [5.41, 5.74) is 1.62. The third-order valence-electron chi connectivity index (χ3n) is 2.86. The minimum Gasteiger partial charge on any atom is -0.370 e. The van der Waals surface area contributed by atoms with Gasteiger partial charge >= 0.3 is 0 Å². The van der Waals surface area contributed by atoms with E-state index in [1.807, 2.05) is 42.6 Å². The molecular weight excluding hydrogens is 246 g/mol. The lowest BCUT2D eigenvalue weighted by Gasteiger charge is -2.26. The van der Waals surface area contributed by atoms with Crippen molar-refractivity contribution in [1.29, 1.82) is 0 Å². The molecule has 1 saturated heterocycles. The van der Waals surface area contributed by atoms with E-state index in [0.717, 1.165) is 48.2 Å². The summed E-state index contributed by atoms with van der Waals surface area (Å²) < 4.78 is 0. The number of nitrogens with zero attached hydrogens (tertiary/aromatic N) is 2. The van der Waals surface area contributed by atoms with Crippen LogP contribution < -0.4 is 5.32 Å². The number of thioether (sulfide) groups is 1. The molecule has 18 heavy (non-hydrogen) atoms. The van der Waals surface area contributed by atoms with E-state index in [0.29, 0.717) is 0 Å². The van der Waals surface area contributed by atoms with Crippen LogP contribution >= 0.6 is 11.8 Å². The monoisotopic (exact) mass is 265 g/mol. The van der Waals surface area contributed by atoms with Crippen LogP contribution in [0.5, 0.6) is 0 Å². The average molecular weight is 265 g/mol. The maximum Gasteiger partial charge on any atom is 0.254 e. The van der Waals surface area contributed by atoms with Gasteiger partial charge in [0.15, 0.2) is 0 Å². The molecule has 1 fully saturated rings. The van der Waals surface area contributed by atoms with Gasteiger partial charge in [0.1, 0.15) is 5.82 Å². The Balaban J connectivity index is 2.18. The molecule has 0 atom stereocenters. The standard InChI is InChI=1S/C13H19N3OS/c1-3-14-12-9-11(8-10(2)15-12)13(17)16-4-6-18-7-5-16/h8-9H,3-7H2,1-2H3,(H,14,15). The minimum atomic E-state index is 0.125. The summed E-state index contributed by atoms with van der Waals surface area (Å²) in [5, 5.41) is 3.16. The van der Waals surface area contributed by atoms with Crippen molar-refractivity contribution in [2.75, 3.05) is 36.5 Å². The first-order valence-corrected chi connectivity index (χ1v) is 7.45. The first-order valence-electron chi connectivity index (χ1n) is 6.30. The summed E-state index contributed by atoms with van der Waals surface area (Å²) in [6, 6.07) is 3.71. The highest BCUT2D eigenvalue weighted by molar-refractivity contribution is 7.99. The number of carbonyl (C=O) groups is 1. The van der Waals surface area contributed by atoms with Gasteiger partial charge in [-0.05, 0) is 26.0 Å². The second kappa shape index (κ2) is 6.09. The van der Waals surface area contributed by atoms with E-state index in [9.17, 15) is 4.79 Å². The second-order valence-electron chi connectivity index (χ2n) is 4.32. The SMILES string of the molecule is CCNc1cc(C(=O)N2CCSCC2)cc(C)n1. The average Bonchev–Trinajstić information content (AvgIpc) is 2.38. The summed E-state index contributed by atoms with van der Waals surface area (Å²) >= 11 is 1.91. The van der Waals surface area contributed by atoms with E-state index >= 15 is 0 Å². The van der Waals surface area contributed by atoms with Crippen molar-refractivity contribution in [3.8, 4) is 0 Å². The third-order valence-corrected chi connectivity index (χ3v) is 3.80. The number of anilines is 1. The van der Waals surface area contributed by atoms with Gasteiger partial charge in [-0.15, -0.1) is 0 Å². The number of aryl methyl sites for hydroxylation is 1. The number of rotatable bonds is 3. The van der Waals surface area contributed by atoms with Crippen LogP contribution in [0.2, 0.25) is 0 Å². The molecule has 0 bridgehead atoms. The molecular formula is C13H19N3OS. The van der Waals surface area contributed by atoms with E-state index in [-0.39, 0.29) is 5.91 Å². The quantitative estimate of drug-likeness (QED) is 0.908. The van der Waals surface area contributed by atoms with Crippen LogP contribution in [0.4, 0.5) is 5.82 Å². The van der Waals surface area contributed by atoms with Crippen molar-refractivity contribution in [2.45, 2.75) is 13.8 Å². The molecule has 2 rings (SSSR count). The molecule has 1 amide bonds. The van der Waals surface area contributed by atoms with Gasteiger partial charge in [0.05, 0.1) is 0 Å². The van der Waals surface area contributed by atoms with E-state index < -0.39 is 0 Å². The Morgan fingerprint density at radius 2 is 2.17 bits per heavy atom. The topological polar surface area (TPSA) is 45.2 Å². The largest absolute Gasteiger partial charge is 0.370 e. The second-order valence-corrected chi connectivity index (χ2v) is 5.54. The molecule has 4 nitrogen and oxygen atoms in total. The normalized spacial score (nSPS) is 15.6. The number of carbonyl (C=O) groups excluding carboxylic acids is 1. The Morgan fingerprint density at radius 1 is 1.44 bits per heavy atom. The fourth-order valence-corrected chi connectivity index (χ4v) is 2.92. The molecule has 0 radical (unpaired) electrons. The van der Waals surface area contributed by atoms with E-state index in [1.165, 1.54) is 0 Å². The van der Waals surface area contributed by atoms with Crippen molar-refractivity contribution in [1.82, 2.24) is 9.88 Å². The Bertz CT molecular complexity index is 430. The molecule has 1 aromatic rings. The van der Waals surface area contributed by atoms with Gasteiger partial charge in [0.25, 0.3) is 5.91 Å². The molecule has 1 aliphatic heterocycles. The third kappa shape index (κ3) is 3.16. The van der Waals surface area contributed by atoms with Gasteiger partial charge in [-0.25, -0.2) is 4.98 Å². The summed E-state index contributed by atoms with van der Waals surface area (Å²) in [7, 11) is 0. The lowest BCUT2D eigenvalue weighted by molar-refractivity contribution is 0.0772. The molecule has 1 aromatic heterocycles. The predicted octanol–water partition coefficient (Wildman–Crippen LogP) is 2.01. The molecule has 1 N–H and O–H groups in total. The molecule has 0 saturated carbocycles. The fourth-order valence-electron chi connectivity index (χ4n) is 2.01. The van der Waals surface area contributed by atoms with Gasteiger partial charge in [-0.3, -0.25) is 4.79 Å². The lowest BCUT2D eigenvalue weighted by Crippen LogP contribution is -2.38. The lowest BCUT2D eigenvalue weighted by atomic mass is 10.2. The van der Waals surface area contributed by atoms with Crippen LogP contribution in [0.3, 0.4) is 0 Å². The molecule has 0 aromatic carbocycles. The van der Waals surface area contributed by atoms with Crippen LogP contribution in [0, 0.1) is 6.92 Å². The van der Waals surface area contributed by atoms with E-state index in [4.69, 9.17) is 0 Å². The maximum absolute atomic E-state index is 12.4. The van der Waals surface area contributed by atoms with Crippen molar-refractivity contribution in [2.24, 2.45) is 0 Å². The summed E-state index contributed by atoms with van der Waals surface area (Å²) in [6.45, 7) is 6.45. The van der Waals surface area contributed by atoms with Crippen molar-refractivity contribution < 1.29 is 4.79 Å². The van der Waals surface area contributed by atoms with E-state index in [2.05, 4.69) is 10.3 Å². The number of aromatic nitrogens is 1. The predicted molar refractivity (Wildman–Crippen MR) is 76.4 cm³/mol. The number of amides is 1. The highest BCUT2D eigenvalue weighted by Gasteiger charge is 2.19. The van der Waals surface area contributed by atoms with Gasteiger partial charge in [0.2, 0.25) is 0 Å². The zero-order chi connectivity index (χ0) is 13.0. The summed E-state index contributed by atoms with van der Waals surface area (Å²) in [6.07, 6.45) is 0. The van der Waals surface area contributed by atoms with Gasteiger partial charge in [0, 0.05) is 42.4 Å². The maximum atomic E-state index is 12.4. The molecule has 5 heteroatoms. The van der Waals surface area contributed by atoms with Gasteiger partial charge in [-0.2, -0.15) is 11.8 Å². The van der Waals surface area contributed by atoms with Crippen LogP contribution in [0.15, 0.2) is 12.1 Å². The van der Waals surface area contributed by atoms with E-state index in [1.54, 1.807) is 0 Å². The van der Waals surface area contributed by atoms with Crippen molar-refractivity contribution in [3.63, 3.8) is 0 Å².